The van der Waals surface area contributed by atoms with Crippen LogP contribution in [0.15, 0.2) is 0 Å². The van der Waals surface area contributed by atoms with E-state index in [4.69, 9.17) is 0 Å². The molecule has 1 saturated heterocycles. The van der Waals surface area contributed by atoms with E-state index in [2.05, 4.69) is 18.7 Å². The summed E-state index contributed by atoms with van der Waals surface area (Å²) in [5.74, 6) is 0.722. The van der Waals surface area contributed by atoms with E-state index in [-0.39, 0.29) is 6.10 Å². The van der Waals surface area contributed by atoms with Crippen LogP contribution in [-0.4, -0.2) is 35.7 Å². The van der Waals surface area contributed by atoms with Crippen LogP contribution in [0.1, 0.15) is 26.7 Å². The van der Waals surface area contributed by atoms with Gasteiger partial charge in [-0.3, -0.25) is 0 Å². The monoisotopic (exact) mass is 157 g/mol. The number of rotatable bonds is 2. The summed E-state index contributed by atoms with van der Waals surface area (Å²) in [7, 11) is 0. The molecule has 0 spiro atoms. The van der Waals surface area contributed by atoms with Gasteiger partial charge < -0.3 is 10.0 Å². The number of nitrogens with zero attached hydrogens (tertiary/aromatic N) is 1. The molecule has 1 heterocycles. The molecule has 0 radical (unpaired) electrons. The maximum absolute atomic E-state index is 9.35. The number of piperidine rings is 1. The lowest BCUT2D eigenvalue weighted by atomic mass is 10.1. The molecule has 0 aromatic heterocycles. The van der Waals surface area contributed by atoms with Gasteiger partial charge in [-0.15, -0.1) is 0 Å². The van der Waals surface area contributed by atoms with E-state index in [9.17, 15) is 5.11 Å². The van der Waals surface area contributed by atoms with Gasteiger partial charge in [0.2, 0.25) is 0 Å². The summed E-state index contributed by atoms with van der Waals surface area (Å²) in [6.07, 6.45) is 2.09. The van der Waals surface area contributed by atoms with Crippen molar-refractivity contribution in [2.24, 2.45) is 5.92 Å². The third-order valence-corrected chi connectivity index (χ3v) is 2.10. The molecule has 0 unspecified atom stereocenters. The van der Waals surface area contributed by atoms with Gasteiger partial charge in [-0.25, -0.2) is 0 Å². The Morgan fingerprint density at radius 2 is 2.27 bits per heavy atom. The predicted molar refractivity (Wildman–Crippen MR) is 46.5 cm³/mol. The molecule has 1 fully saturated rings. The molecule has 66 valence electrons. The summed E-state index contributed by atoms with van der Waals surface area (Å²) in [4.78, 5) is 2.36. The van der Waals surface area contributed by atoms with E-state index in [0.717, 1.165) is 31.8 Å². The van der Waals surface area contributed by atoms with Gasteiger partial charge >= 0.3 is 0 Å². The first-order valence-electron chi connectivity index (χ1n) is 4.59. The Balaban J connectivity index is 2.23. The smallest absolute Gasteiger partial charge is 0.0667 e. The fourth-order valence-corrected chi connectivity index (χ4v) is 1.71. The average molecular weight is 157 g/mol. The van der Waals surface area contributed by atoms with Crippen LogP contribution in [0.2, 0.25) is 0 Å². The normalized spacial score (nSPS) is 27.8. The highest BCUT2D eigenvalue weighted by atomic mass is 16.3. The van der Waals surface area contributed by atoms with Crippen LogP contribution in [0, 0.1) is 5.92 Å². The molecule has 11 heavy (non-hydrogen) atoms. The summed E-state index contributed by atoms with van der Waals surface area (Å²) in [6, 6.07) is 0. The van der Waals surface area contributed by atoms with Crippen molar-refractivity contribution in [3.63, 3.8) is 0 Å². The molecular formula is C9H19NO. The zero-order valence-corrected chi connectivity index (χ0v) is 7.58. The topological polar surface area (TPSA) is 23.5 Å². The van der Waals surface area contributed by atoms with Crippen LogP contribution >= 0.6 is 0 Å². The zero-order valence-electron chi connectivity index (χ0n) is 7.58. The van der Waals surface area contributed by atoms with Gasteiger partial charge in [-0.05, 0) is 25.3 Å². The molecule has 2 heteroatoms. The van der Waals surface area contributed by atoms with E-state index >= 15 is 0 Å². The quantitative estimate of drug-likeness (QED) is 0.649. The van der Waals surface area contributed by atoms with E-state index in [1.54, 1.807) is 0 Å². The largest absolute Gasteiger partial charge is 0.392 e. The van der Waals surface area contributed by atoms with Crippen LogP contribution in [0.25, 0.3) is 0 Å². The number of β-amino-alcohol motifs (C(OH)–C–C–N with tert-alkyl or cyclic N) is 1. The Morgan fingerprint density at radius 3 is 2.82 bits per heavy atom. The lowest BCUT2D eigenvalue weighted by Crippen LogP contribution is -2.40. The van der Waals surface area contributed by atoms with Crippen molar-refractivity contribution in [1.82, 2.24) is 4.90 Å². The van der Waals surface area contributed by atoms with Gasteiger partial charge in [-0.1, -0.05) is 13.8 Å². The highest BCUT2D eigenvalue weighted by Gasteiger charge is 2.17. The number of hydrogen-bond acceptors (Lipinski definition) is 2. The second-order valence-electron chi connectivity index (χ2n) is 3.95. The number of aliphatic hydroxyl groups excluding tert-OH is 1. The summed E-state index contributed by atoms with van der Waals surface area (Å²) < 4.78 is 0. The first-order chi connectivity index (χ1) is 5.18. The highest BCUT2D eigenvalue weighted by molar-refractivity contribution is 4.72. The van der Waals surface area contributed by atoms with E-state index in [1.807, 2.05) is 0 Å². The van der Waals surface area contributed by atoms with Gasteiger partial charge in [0.25, 0.3) is 0 Å². The van der Waals surface area contributed by atoms with Gasteiger partial charge in [0.15, 0.2) is 0 Å². The molecular weight excluding hydrogens is 138 g/mol. The fraction of sp³-hybridized carbons (Fsp3) is 1.00. The molecule has 1 aliphatic heterocycles. The molecule has 0 amide bonds. The first-order valence-corrected chi connectivity index (χ1v) is 4.59. The van der Waals surface area contributed by atoms with Crippen molar-refractivity contribution in [2.45, 2.75) is 32.8 Å². The van der Waals surface area contributed by atoms with Gasteiger partial charge in [-0.2, -0.15) is 0 Å². The standard InChI is InChI=1S/C9H19NO/c1-8(2)6-10-5-3-4-9(11)7-10/h8-9,11H,3-7H2,1-2H3/t9-/m1/s1. The van der Waals surface area contributed by atoms with Crippen LogP contribution in [0.4, 0.5) is 0 Å². The number of hydrogen-bond donors (Lipinski definition) is 1. The summed E-state index contributed by atoms with van der Waals surface area (Å²) in [5.41, 5.74) is 0. The van der Waals surface area contributed by atoms with Gasteiger partial charge in [0.05, 0.1) is 6.10 Å². The first kappa shape index (κ1) is 9.01. The molecule has 1 N–H and O–H groups in total. The van der Waals surface area contributed by atoms with Crippen molar-refractivity contribution >= 4 is 0 Å². The van der Waals surface area contributed by atoms with Crippen molar-refractivity contribution in [3.05, 3.63) is 0 Å². The second-order valence-corrected chi connectivity index (χ2v) is 3.95. The van der Waals surface area contributed by atoms with Crippen LogP contribution in [-0.2, 0) is 0 Å². The summed E-state index contributed by atoms with van der Waals surface area (Å²) in [5, 5.41) is 9.35. The Kier molecular flexibility index (Phi) is 3.34. The molecule has 0 saturated carbocycles. The van der Waals surface area contributed by atoms with E-state index < -0.39 is 0 Å². The molecule has 0 aromatic rings. The van der Waals surface area contributed by atoms with Crippen LogP contribution in [0.3, 0.4) is 0 Å². The summed E-state index contributed by atoms with van der Waals surface area (Å²) in [6.45, 7) is 7.65. The molecule has 0 aliphatic carbocycles. The van der Waals surface area contributed by atoms with Gasteiger partial charge in [0, 0.05) is 13.1 Å². The SMILES string of the molecule is CC(C)CN1CCC[C@@H](O)C1. The Labute approximate surface area is 69.2 Å². The lowest BCUT2D eigenvalue weighted by Gasteiger charge is -2.31. The van der Waals surface area contributed by atoms with Crippen molar-refractivity contribution in [1.29, 1.82) is 0 Å². The third kappa shape index (κ3) is 3.21. The maximum Gasteiger partial charge on any atom is 0.0667 e. The molecule has 1 rings (SSSR count). The molecule has 2 nitrogen and oxygen atoms in total. The minimum Gasteiger partial charge on any atom is -0.392 e. The van der Waals surface area contributed by atoms with Crippen LogP contribution < -0.4 is 0 Å². The molecule has 1 aliphatic rings. The second kappa shape index (κ2) is 4.07. The maximum atomic E-state index is 9.35. The lowest BCUT2D eigenvalue weighted by molar-refractivity contribution is 0.0648. The van der Waals surface area contributed by atoms with Crippen molar-refractivity contribution in [3.8, 4) is 0 Å². The molecule has 1 atom stereocenters. The Bertz CT molecular complexity index is 112. The van der Waals surface area contributed by atoms with E-state index in [1.165, 1.54) is 6.54 Å². The third-order valence-electron chi connectivity index (χ3n) is 2.10. The zero-order chi connectivity index (χ0) is 8.27. The molecule has 0 aromatic carbocycles. The van der Waals surface area contributed by atoms with Gasteiger partial charge in [0.1, 0.15) is 0 Å². The number of aliphatic hydroxyl groups is 1. The minimum absolute atomic E-state index is 0.0671. The van der Waals surface area contributed by atoms with Crippen molar-refractivity contribution in [2.75, 3.05) is 19.6 Å². The predicted octanol–water partition coefficient (Wildman–Crippen LogP) is 1.10. The van der Waals surface area contributed by atoms with Crippen molar-refractivity contribution < 1.29 is 5.11 Å². The Morgan fingerprint density at radius 1 is 1.55 bits per heavy atom. The summed E-state index contributed by atoms with van der Waals surface area (Å²) >= 11 is 0. The van der Waals surface area contributed by atoms with Crippen LogP contribution in [0.5, 0.6) is 0 Å². The fourth-order valence-electron chi connectivity index (χ4n) is 1.71. The molecule has 0 bridgehead atoms. The highest BCUT2D eigenvalue weighted by Crippen LogP contribution is 2.11. The minimum atomic E-state index is -0.0671. The Hall–Kier alpha value is -0.0800. The number of likely N-dealkylation sites (tertiary alicyclic amines) is 1. The average Bonchev–Trinajstić information content (AvgIpc) is 1.85. The van der Waals surface area contributed by atoms with E-state index in [0.29, 0.717) is 0 Å².